The third kappa shape index (κ3) is 5.19. The Balaban J connectivity index is 1.60. The van der Waals surface area contributed by atoms with E-state index in [0.29, 0.717) is 19.3 Å². The fourth-order valence-corrected chi connectivity index (χ4v) is 2.25. The summed E-state index contributed by atoms with van der Waals surface area (Å²) in [5, 5.41) is 8.90. The molecule has 5 nitrogen and oxygen atoms in total. The third-order valence-corrected chi connectivity index (χ3v) is 3.30. The van der Waals surface area contributed by atoms with Crippen molar-refractivity contribution in [3.05, 3.63) is 29.8 Å². The van der Waals surface area contributed by atoms with Crippen LogP contribution in [0.15, 0.2) is 24.3 Å². The Bertz CT molecular complexity index is 431. The van der Waals surface area contributed by atoms with E-state index in [-0.39, 0.29) is 6.03 Å². The molecule has 0 unspecified atom stereocenters. The SMILES string of the molecule is Cc1cccc(NC(=O)NCCOC2CCNCC2)c1. The molecule has 1 aliphatic heterocycles. The van der Waals surface area contributed by atoms with Gasteiger partial charge in [-0.3, -0.25) is 0 Å². The van der Waals surface area contributed by atoms with Crippen LogP contribution in [0.25, 0.3) is 0 Å². The lowest BCUT2D eigenvalue weighted by molar-refractivity contribution is 0.0358. The molecule has 0 bridgehead atoms. The van der Waals surface area contributed by atoms with Gasteiger partial charge in [-0.1, -0.05) is 12.1 Å². The number of benzene rings is 1. The molecule has 1 heterocycles. The van der Waals surface area contributed by atoms with E-state index in [4.69, 9.17) is 4.74 Å². The van der Waals surface area contributed by atoms with Gasteiger partial charge in [0, 0.05) is 12.2 Å². The number of carbonyl (C=O) groups excluding carboxylic acids is 1. The number of urea groups is 1. The molecule has 5 heteroatoms. The average molecular weight is 277 g/mol. The van der Waals surface area contributed by atoms with Crippen molar-refractivity contribution in [2.45, 2.75) is 25.9 Å². The van der Waals surface area contributed by atoms with Crippen molar-refractivity contribution >= 4 is 11.7 Å². The number of carbonyl (C=O) groups is 1. The zero-order valence-corrected chi connectivity index (χ0v) is 11.9. The first-order chi connectivity index (χ1) is 9.74. The van der Waals surface area contributed by atoms with Gasteiger partial charge in [-0.15, -0.1) is 0 Å². The van der Waals surface area contributed by atoms with Gasteiger partial charge < -0.3 is 20.7 Å². The maximum atomic E-state index is 11.7. The van der Waals surface area contributed by atoms with Gasteiger partial charge >= 0.3 is 6.03 Å². The van der Waals surface area contributed by atoms with Crippen LogP contribution in [0, 0.1) is 6.92 Å². The summed E-state index contributed by atoms with van der Waals surface area (Å²) in [6.07, 6.45) is 2.43. The first kappa shape index (κ1) is 14.8. The lowest BCUT2D eigenvalue weighted by Gasteiger charge is -2.22. The fourth-order valence-electron chi connectivity index (χ4n) is 2.25. The highest BCUT2D eigenvalue weighted by molar-refractivity contribution is 5.89. The van der Waals surface area contributed by atoms with E-state index < -0.39 is 0 Å². The van der Waals surface area contributed by atoms with Gasteiger partial charge in [0.05, 0.1) is 12.7 Å². The van der Waals surface area contributed by atoms with Gasteiger partial charge in [0.2, 0.25) is 0 Å². The smallest absolute Gasteiger partial charge is 0.319 e. The van der Waals surface area contributed by atoms with E-state index in [2.05, 4.69) is 16.0 Å². The fraction of sp³-hybridized carbons (Fsp3) is 0.533. The second-order valence-corrected chi connectivity index (χ2v) is 5.07. The van der Waals surface area contributed by atoms with Crippen LogP contribution in [0.2, 0.25) is 0 Å². The maximum Gasteiger partial charge on any atom is 0.319 e. The summed E-state index contributed by atoms with van der Waals surface area (Å²) in [6, 6.07) is 7.54. The van der Waals surface area contributed by atoms with Crippen LogP contribution in [0.3, 0.4) is 0 Å². The second kappa shape index (κ2) is 7.87. The van der Waals surface area contributed by atoms with Crippen LogP contribution in [-0.2, 0) is 4.74 Å². The number of ether oxygens (including phenoxy) is 1. The molecular weight excluding hydrogens is 254 g/mol. The predicted molar refractivity (Wildman–Crippen MR) is 80.0 cm³/mol. The van der Waals surface area contributed by atoms with Gasteiger partial charge in [-0.25, -0.2) is 4.79 Å². The summed E-state index contributed by atoms with van der Waals surface area (Å²) in [7, 11) is 0. The van der Waals surface area contributed by atoms with Gasteiger partial charge in [-0.2, -0.15) is 0 Å². The summed E-state index contributed by atoms with van der Waals surface area (Å²) < 4.78 is 5.72. The highest BCUT2D eigenvalue weighted by Gasteiger charge is 2.12. The van der Waals surface area contributed by atoms with Crippen LogP contribution >= 0.6 is 0 Å². The molecule has 3 N–H and O–H groups in total. The molecule has 20 heavy (non-hydrogen) atoms. The van der Waals surface area contributed by atoms with Crippen LogP contribution in [0.1, 0.15) is 18.4 Å². The lowest BCUT2D eigenvalue weighted by atomic mass is 10.1. The number of rotatable bonds is 5. The molecule has 1 fully saturated rings. The van der Waals surface area contributed by atoms with Gasteiger partial charge in [-0.05, 0) is 50.6 Å². The minimum atomic E-state index is -0.190. The van der Waals surface area contributed by atoms with Gasteiger partial charge in [0.25, 0.3) is 0 Å². The molecule has 2 amide bonds. The number of aryl methyl sites for hydroxylation is 1. The van der Waals surface area contributed by atoms with Crippen LogP contribution in [-0.4, -0.2) is 38.4 Å². The third-order valence-electron chi connectivity index (χ3n) is 3.30. The monoisotopic (exact) mass is 277 g/mol. The van der Waals surface area contributed by atoms with Crippen molar-refractivity contribution in [2.75, 3.05) is 31.6 Å². The molecule has 0 atom stereocenters. The van der Waals surface area contributed by atoms with Crippen LogP contribution in [0.4, 0.5) is 10.5 Å². The Morgan fingerprint density at radius 2 is 2.20 bits per heavy atom. The summed E-state index contributed by atoms with van der Waals surface area (Å²) >= 11 is 0. The second-order valence-electron chi connectivity index (χ2n) is 5.07. The number of anilines is 1. The molecule has 1 aromatic carbocycles. The van der Waals surface area contributed by atoms with E-state index in [0.717, 1.165) is 37.2 Å². The summed E-state index contributed by atoms with van der Waals surface area (Å²) in [4.78, 5) is 11.7. The van der Waals surface area contributed by atoms with Crippen molar-refractivity contribution in [1.29, 1.82) is 0 Å². The van der Waals surface area contributed by atoms with Crippen molar-refractivity contribution < 1.29 is 9.53 Å². The number of piperidine rings is 1. The topological polar surface area (TPSA) is 62.4 Å². The highest BCUT2D eigenvalue weighted by atomic mass is 16.5. The molecule has 0 saturated carbocycles. The molecule has 2 rings (SSSR count). The van der Waals surface area contributed by atoms with Crippen molar-refractivity contribution in [2.24, 2.45) is 0 Å². The summed E-state index contributed by atoms with van der Waals surface area (Å²) in [5.74, 6) is 0. The minimum Gasteiger partial charge on any atom is -0.376 e. The van der Waals surface area contributed by atoms with E-state index in [1.165, 1.54) is 0 Å². The zero-order chi connectivity index (χ0) is 14.2. The van der Waals surface area contributed by atoms with E-state index in [1.54, 1.807) is 0 Å². The quantitative estimate of drug-likeness (QED) is 0.720. The Kier molecular flexibility index (Phi) is 5.83. The summed E-state index contributed by atoms with van der Waals surface area (Å²) in [6.45, 7) is 5.13. The first-order valence-electron chi connectivity index (χ1n) is 7.18. The Morgan fingerprint density at radius 3 is 2.95 bits per heavy atom. The molecule has 0 spiro atoms. The Morgan fingerprint density at radius 1 is 1.40 bits per heavy atom. The van der Waals surface area contributed by atoms with Crippen LogP contribution < -0.4 is 16.0 Å². The lowest BCUT2D eigenvalue weighted by Crippen LogP contribution is -2.35. The van der Waals surface area contributed by atoms with Crippen molar-refractivity contribution in [3.63, 3.8) is 0 Å². The molecule has 1 saturated heterocycles. The molecule has 110 valence electrons. The predicted octanol–water partition coefficient (Wildman–Crippen LogP) is 1.89. The van der Waals surface area contributed by atoms with Crippen molar-refractivity contribution in [3.8, 4) is 0 Å². The molecule has 1 aliphatic rings. The standard InChI is InChI=1S/C15H23N3O2/c1-12-3-2-4-13(11-12)18-15(19)17-9-10-20-14-5-7-16-8-6-14/h2-4,11,14,16H,5-10H2,1H3,(H2,17,18,19). The Labute approximate surface area is 120 Å². The van der Waals surface area contributed by atoms with Gasteiger partial charge in [0.1, 0.15) is 0 Å². The number of amides is 2. The average Bonchev–Trinajstić information content (AvgIpc) is 2.45. The maximum absolute atomic E-state index is 11.7. The van der Waals surface area contributed by atoms with E-state index in [9.17, 15) is 4.79 Å². The van der Waals surface area contributed by atoms with Crippen molar-refractivity contribution in [1.82, 2.24) is 10.6 Å². The zero-order valence-electron chi connectivity index (χ0n) is 11.9. The van der Waals surface area contributed by atoms with Gasteiger partial charge in [0.15, 0.2) is 0 Å². The molecule has 1 aromatic rings. The first-order valence-corrected chi connectivity index (χ1v) is 7.18. The molecular formula is C15H23N3O2. The largest absolute Gasteiger partial charge is 0.376 e. The number of hydrogen-bond donors (Lipinski definition) is 3. The molecule has 0 radical (unpaired) electrons. The number of hydrogen-bond acceptors (Lipinski definition) is 3. The normalized spacial score (nSPS) is 15.8. The Hall–Kier alpha value is -1.59. The highest BCUT2D eigenvalue weighted by Crippen LogP contribution is 2.09. The van der Waals surface area contributed by atoms with E-state index in [1.807, 2.05) is 31.2 Å². The minimum absolute atomic E-state index is 0.190. The molecule has 0 aromatic heterocycles. The summed E-state index contributed by atoms with van der Waals surface area (Å²) in [5.41, 5.74) is 1.93. The molecule has 0 aliphatic carbocycles. The van der Waals surface area contributed by atoms with E-state index >= 15 is 0 Å². The number of nitrogens with one attached hydrogen (secondary N) is 3. The van der Waals surface area contributed by atoms with Crippen LogP contribution in [0.5, 0.6) is 0 Å².